The first-order valence-electron chi connectivity index (χ1n) is 6.37. The zero-order valence-electron chi connectivity index (χ0n) is 11.5. The summed E-state index contributed by atoms with van der Waals surface area (Å²) in [5.74, 6) is 0.525. The molecule has 0 radical (unpaired) electrons. The van der Waals surface area contributed by atoms with E-state index >= 15 is 0 Å². The predicted octanol–water partition coefficient (Wildman–Crippen LogP) is 0.701. The molecule has 7 heteroatoms. The second-order valence-electron chi connectivity index (χ2n) is 3.97. The SMILES string of the molecule is COCCCNC(=O)NCCNc1ncccc1C#N. The zero-order chi connectivity index (χ0) is 14.6. The van der Waals surface area contributed by atoms with E-state index in [1.807, 2.05) is 6.07 Å². The molecule has 0 aromatic carbocycles. The Kier molecular flexibility index (Phi) is 7.53. The van der Waals surface area contributed by atoms with E-state index < -0.39 is 0 Å². The van der Waals surface area contributed by atoms with Gasteiger partial charge in [-0.1, -0.05) is 0 Å². The van der Waals surface area contributed by atoms with Crippen molar-refractivity contribution in [3.05, 3.63) is 23.9 Å². The highest BCUT2D eigenvalue weighted by Crippen LogP contribution is 2.08. The van der Waals surface area contributed by atoms with Gasteiger partial charge in [-0.15, -0.1) is 0 Å². The van der Waals surface area contributed by atoms with Crippen LogP contribution in [0.3, 0.4) is 0 Å². The van der Waals surface area contributed by atoms with Gasteiger partial charge in [0.15, 0.2) is 0 Å². The molecule has 1 aromatic heterocycles. The van der Waals surface area contributed by atoms with Gasteiger partial charge in [-0.2, -0.15) is 5.26 Å². The Bertz CT molecular complexity index is 458. The van der Waals surface area contributed by atoms with Crippen LogP contribution < -0.4 is 16.0 Å². The molecule has 0 saturated carbocycles. The average Bonchev–Trinajstić information content (AvgIpc) is 2.48. The number of ether oxygens (including phenoxy) is 1. The van der Waals surface area contributed by atoms with Crippen molar-refractivity contribution >= 4 is 11.8 Å². The number of hydrogen-bond donors (Lipinski definition) is 3. The van der Waals surface area contributed by atoms with Gasteiger partial charge in [-0.3, -0.25) is 0 Å². The van der Waals surface area contributed by atoms with Gasteiger partial charge >= 0.3 is 6.03 Å². The summed E-state index contributed by atoms with van der Waals surface area (Å²) in [7, 11) is 1.62. The van der Waals surface area contributed by atoms with Crippen LogP contribution in [0.2, 0.25) is 0 Å². The summed E-state index contributed by atoms with van der Waals surface area (Å²) in [6.45, 7) is 2.14. The maximum Gasteiger partial charge on any atom is 0.314 e. The number of urea groups is 1. The molecule has 20 heavy (non-hydrogen) atoms. The Morgan fingerprint density at radius 3 is 2.95 bits per heavy atom. The first-order chi connectivity index (χ1) is 9.77. The highest BCUT2D eigenvalue weighted by atomic mass is 16.5. The maximum atomic E-state index is 11.4. The molecule has 1 heterocycles. The molecule has 0 aliphatic heterocycles. The van der Waals surface area contributed by atoms with Crippen molar-refractivity contribution in [3.8, 4) is 6.07 Å². The Balaban J connectivity index is 2.15. The summed E-state index contributed by atoms with van der Waals surface area (Å²) in [6, 6.07) is 5.22. The number of nitriles is 1. The molecule has 0 bridgehead atoms. The fourth-order valence-electron chi connectivity index (χ4n) is 1.47. The lowest BCUT2D eigenvalue weighted by atomic mass is 10.3. The lowest BCUT2D eigenvalue weighted by Gasteiger charge is -2.09. The zero-order valence-corrected chi connectivity index (χ0v) is 11.5. The van der Waals surface area contributed by atoms with E-state index in [-0.39, 0.29) is 6.03 Å². The Morgan fingerprint density at radius 1 is 1.40 bits per heavy atom. The second kappa shape index (κ2) is 9.58. The lowest BCUT2D eigenvalue weighted by Crippen LogP contribution is -2.38. The van der Waals surface area contributed by atoms with Crippen LogP contribution in [-0.4, -0.2) is 44.4 Å². The standard InChI is InChI=1S/C13H19N5O2/c1-20-9-3-6-17-13(19)18-8-7-16-12-11(10-14)4-2-5-15-12/h2,4-5H,3,6-9H2,1H3,(H,15,16)(H2,17,18,19). The van der Waals surface area contributed by atoms with E-state index in [2.05, 4.69) is 20.9 Å². The van der Waals surface area contributed by atoms with Gasteiger partial charge in [-0.05, 0) is 18.6 Å². The Hall–Kier alpha value is -2.33. The van der Waals surface area contributed by atoms with Gasteiger partial charge in [0.25, 0.3) is 0 Å². The molecule has 7 nitrogen and oxygen atoms in total. The van der Waals surface area contributed by atoms with Gasteiger partial charge < -0.3 is 20.7 Å². The molecule has 0 unspecified atom stereocenters. The molecule has 1 rings (SSSR count). The number of hydrogen-bond acceptors (Lipinski definition) is 5. The molecule has 0 fully saturated rings. The summed E-state index contributed by atoms with van der Waals surface area (Å²) in [5, 5.41) is 17.3. The van der Waals surface area contributed by atoms with Gasteiger partial charge in [0.2, 0.25) is 0 Å². The molecule has 3 N–H and O–H groups in total. The molecule has 108 valence electrons. The molecule has 0 spiro atoms. The van der Waals surface area contributed by atoms with E-state index in [1.165, 1.54) is 0 Å². The number of amides is 2. The molecule has 1 aromatic rings. The number of methoxy groups -OCH3 is 1. The van der Waals surface area contributed by atoms with Crippen molar-refractivity contribution in [1.82, 2.24) is 15.6 Å². The Morgan fingerprint density at radius 2 is 2.20 bits per heavy atom. The minimum absolute atomic E-state index is 0.218. The fraction of sp³-hybridized carbons (Fsp3) is 0.462. The van der Waals surface area contributed by atoms with Crippen molar-refractivity contribution in [2.45, 2.75) is 6.42 Å². The van der Waals surface area contributed by atoms with Crippen molar-refractivity contribution in [2.75, 3.05) is 38.7 Å². The average molecular weight is 277 g/mol. The minimum Gasteiger partial charge on any atom is -0.385 e. The van der Waals surface area contributed by atoms with E-state index in [1.54, 1.807) is 25.4 Å². The van der Waals surface area contributed by atoms with E-state index in [0.717, 1.165) is 6.42 Å². The monoisotopic (exact) mass is 277 g/mol. The normalized spacial score (nSPS) is 9.60. The third-order valence-electron chi connectivity index (χ3n) is 2.44. The predicted molar refractivity (Wildman–Crippen MR) is 75.3 cm³/mol. The highest BCUT2D eigenvalue weighted by Gasteiger charge is 2.02. The molecular formula is C13H19N5O2. The smallest absolute Gasteiger partial charge is 0.314 e. The van der Waals surface area contributed by atoms with Gasteiger partial charge in [0.05, 0.1) is 5.56 Å². The number of carbonyl (C=O) groups is 1. The molecule has 0 atom stereocenters. The summed E-state index contributed by atoms with van der Waals surface area (Å²) >= 11 is 0. The summed E-state index contributed by atoms with van der Waals surface area (Å²) < 4.78 is 4.88. The van der Waals surface area contributed by atoms with E-state index in [9.17, 15) is 4.79 Å². The second-order valence-corrected chi connectivity index (χ2v) is 3.97. The molecule has 2 amide bonds. The van der Waals surface area contributed by atoms with Crippen LogP contribution in [-0.2, 0) is 4.74 Å². The quantitative estimate of drug-likeness (QED) is 0.607. The largest absolute Gasteiger partial charge is 0.385 e. The third kappa shape index (κ3) is 6.02. The van der Waals surface area contributed by atoms with Crippen LogP contribution in [0.4, 0.5) is 10.6 Å². The number of carbonyl (C=O) groups excluding carboxylic acids is 1. The number of pyridine rings is 1. The minimum atomic E-state index is -0.218. The van der Waals surface area contributed by atoms with Crippen LogP contribution in [0.15, 0.2) is 18.3 Å². The summed E-state index contributed by atoms with van der Waals surface area (Å²) in [6.07, 6.45) is 2.39. The molecular weight excluding hydrogens is 258 g/mol. The van der Waals surface area contributed by atoms with Crippen LogP contribution >= 0.6 is 0 Å². The number of nitrogens with zero attached hydrogens (tertiary/aromatic N) is 2. The molecule has 0 aliphatic carbocycles. The number of anilines is 1. The molecule has 0 aliphatic rings. The number of rotatable bonds is 8. The van der Waals surface area contributed by atoms with E-state index in [4.69, 9.17) is 10.00 Å². The Labute approximate surface area is 118 Å². The maximum absolute atomic E-state index is 11.4. The van der Waals surface area contributed by atoms with Gasteiger partial charge in [-0.25, -0.2) is 9.78 Å². The first-order valence-corrected chi connectivity index (χ1v) is 6.37. The van der Waals surface area contributed by atoms with Crippen molar-refractivity contribution < 1.29 is 9.53 Å². The van der Waals surface area contributed by atoms with Gasteiger partial charge in [0, 0.05) is 39.5 Å². The van der Waals surface area contributed by atoms with Gasteiger partial charge in [0.1, 0.15) is 11.9 Å². The number of nitrogens with one attached hydrogen (secondary N) is 3. The van der Waals surface area contributed by atoms with Crippen molar-refractivity contribution in [1.29, 1.82) is 5.26 Å². The fourth-order valence-corrected chi connectivity index (χ4v) is 1.47. The topological polar surface area (TPSA) is 99.1 Å². The lowest BCUT2D eigenvalue weighted by molar-refractivity contribution is 0.193. The molecule has 0 saturated heterocycles. The van der Waals surface area contributed by atoms with E-state index in [0.29, 0.717) is 37.6 Å². The van der Waals surface area contributed by atoms with Crippen molar-refractivity contribution in [3.63, 3.8) is 0 Å². The van der Waals surface area contributed by atoms with Crippen LogP contribution in [0.1, 0.15) is 12.0 Å². The summed E-state index contributed by atoms with van der Waals surface area (Å²) in [4.78, 5) is 15.4. The van der Waals surface area contributed by atoms with Crippen LogP contribution in [0.5, 0.6) is 0 Å². The summed E-state index contributed by atoms with van der Waals surface area (Å²) in [5.41, 5.74) is 0.483. The first kappa shape index (κ1) is 15.7. The highest BCUT2D eigenvalue weighted by molar-refractivity contribution is 5.73. The van der Waals surface area contributed by atoms with Crippen molar-refractivity contribution in [2.24, 2.45) is 0 Å². The third-order valence-corrected chi connectivity index (χ3v) is 2.44. The van der Waals surface area contributed by atoms with Crippen LogP contribution in [0, 0.1) is 11.3 Å². The number of aromatic nitrogens is 1. The van der Waals surface area contributed by atoms with Crippen LogP contribution in [0.25, 0.3) is 0 Å².